The predicted octanol–water partition coefficient (Wildman–Crippen LogP) is 1.89. The number of ether oxygens (including phenoxy) is 2. The molecule has 25 heavy (non-hydrogen) atoms. The number of carbonyl (C=O) groups is 1. The molecule has 1 spiro atoms. The zero-order chi connectivity index (χ0) is 17.9. The first-order chi connectivity index (χ1) is 11.6. The van der Waals surface area contributed by atoms with Gasteiger partial charge in [-0.25, -0.2) is 0 Å². The number of aliphatic hydroxyl groups is 2. The van der Waals surface area contributed by atoms with Crippen molar-refractivity contribution in [3.05, 3.63) is 0 Å². The molecule has 2 heterocycles. The molecule has 0 radical (unpaired) electrons. The summed E-state index contributed by atoms with van der Waals surface area (Å²) in [6.45, 7) is 8.43. The van der Waals surface area contributed by atoms with Crippen LogP contribution in [0.4, 0.5) is 0 Å². The highest BCUT2D eigenvalue weighted by Gasteiger charge is 2.78. The number of epoxide rings is 1. The van der Waals surface area contributed by atoms with Gasteiger partial charge in [0, 0.05) is 23.7 Å². The van der Waals surface area contributed by atoms with Crippen LogP contribution in [0.1, 0.15) is 53.4 Å². The van der Waals surface area contributed by atoms with Crippen molar-refractivity contribution in [3.63, 3.8) is 0 Å². The Labute approximate surface area is 149 Å². The van der Waals surface area contributed by atoms with Crippen molar-refractivity contribution < 1.29 is 24.5 Å². The lowest BCUT2D eigenvalue weighted by molar-refractivity contribution is -0.217. The van der Waals surface area contributed by atoms with Crippen molar-refractivity contribution >= 4 is 5.97 Å². The summed E-state index contributed by atoms with van der Waals surface area (Å²) < 4.78 is 12.1. The van der Waals surface area contributed by atoms with Crippen LogP contribution in [0.15, 0.2) is 0 Å². The number of rotatable bonds is 0. The van der Waals surface area contributed by atoms with Crippen LogP contribution in [0.2, 0.25) is 0 Å². The van der Waals surface area contributed by atoms with Gasteiger partial charge in [-0.05, 0) is 30.6 Å². The maximum Gasteiger partial charge on any atom is 0.309 e. The zero-order valence-electron chi connectivity index (χ0n) is 15.6. The minimum absolute atomic E-state index is 0.0779. The Morgan fingerprint density at radius 3 is 2.52 bits per heavy atom. The van der Waals surface area contributed by atoms with Crippen LogP contribution in [0.5, 0.6) is 0 Å². The van der Waals surface area contributed by atoms with Crippen LogP contribution in [0, 0.1) is 34.5 Å². The van der Waals surface area contributed by atoms with Gasteiger partial charge in [0.15, 0.2) is 0 Å². The van der Waals surface area contributed by atoms with Crippen molar-refractivity contribution in [2.24, 2.45) is 34.5 Å². The van der Waals surface area contributed by atoms with Gasteiger partial charge in [0.05, 0.1) is 29.8 Å². The molecule has 2 N–H and O–H groups in total. The monoisotopic (exact) mass is 350 g/mol. The van der Waals surface area contributed by atoms with Crippen molar-refractivity contribution in [2.75, 3.05) is 0 Å². The topological polar surface area (TPSA) is 79.3 Å². The minimum atomic E-state index is -0.543. The SMILES string of the molecule is CC1C(=O)O[C@@H]2C[C@@H]3[C@]4(CC[C@@H]5C(C)(C)[C@@H](O)C[C@@H](O)[C@]53C)O[C@@H]4C12. The summed E-state index contributed by atoms with van der Waals surface area (Å²) in [4.78, 5) is 12.1. The quantitative estimate of drug-likeness (QED) is 0.515. The van der Waals surface area contributed by atoms with E-state index in [9.17, 15) is 15.0 Å². The van der Waals surface area contributed by atoms with Crippen LogP contribution in [0.3, 0.4) is 0 Å². The lowest BCUT2D eigenvalue weighted by Gasteiger charge is -2.63. The van der Waals surface area contributed by atoms with Crippen LogP contribution in [-0.2, 0) is 14.3 Å². The van der Waals surface area contributed by atoms with Gasteiger partial charge in [-0.1, -0.05) is 27.7 Å². The molecular weight excluding hydrogens is 320 g/mol. The van der Waals surface area contributed by atoms with E-state index in [1.165, 1.54) is 0 Å². The van der Waals surface area contributed by atoms with E-state index in [4.69, 9.17) is 9.47 Å². The molecule has 5 nitrogen and oxygen atoms in total. The van der Waals surface area contributed by atoms with Gasteiger partial charge in [-0.15, -0.1) is 0 Å². The van der Waals surface area contributed by atoms with E-state index in [-0.39, 0.29) is 58.3 Å². The largest absolute Gasteiger partial charge is 0.462 e. The fourth-order valence-corrected chi connectivity index (χ4v) is 7.51. The predicted molar refractivity (Wildman–Crippen MR) is 89.5 cm³/mol. The van der Waals surface area contributed by atoms with Crippen molar-refractivity contribution in [2.45, 2.75) is 83.4 Å². The number of hydrogen-bond acceptors (Lipinski definition) is 5. The average molecular weight is 350 g/mol. The third-order valence-corrected chi connectivity index (χ3v) is 9.07. The summed E-state index contributed by atoms with van der Waals surface area (Å²) in [5, 5.41) is 21.6. The Hall–Kier alpha value is -0.650. The third-order valence-electron chi connectivity index (χ3n) is 9.07. The molecule has 0 amide bonds. The van der Waals surface area contributed by atoms with E-state index in [0.29, 0.717) is 6.42 Å². The highest BCUT2D eigenvalue weighted by Crippen LogP contribution is 2.72. The maximum atomic E-state index is 12.1. The summed E-state index contributed by atoms with van der Waals surface area (Å²) >= 11 is 0. The molecule has 10 atom stereocenters. The molecule has 2 saturated heterocycles. The van der Waals surface area contributed by atoms with Gasteiger partial charge < -0.3 is 19.7 Å². The smallest absolute Gasteiger partial charge is 0.309 e. The zero-order valence-corrected chi connectivity index (χ0v) is 15.6. The van der Waals surface area contributed by atoms with E-state index in [1.807, 2.05) is 6.92 Å². The third kappa shape index (κ3) is 1.73. The van der Waals surface area contributed by atoms with Crippen molar-refractivity contribution in [1.29, 1.82) is 0 Å². The summed E-state index contributed by atoms with van der Waals surface area (Å²) in [6.07, 6.45) is 2.13. The first kappa shape index (κ1) is 16.5. The normalized spacial score (nSPS) is 61.4. The van der Waals surface area contributed by atoms with Crippen LogP contribution in [0.25, 0.3) is 0 Å². The number of hydrogen-bond donors (Lipinski definition) is 2. The molecule has 0 aromatic carbocycles. The second kappa shape index (κ2) is 4.60. The fourth-order valence-electron chi connectivity index (χ4n) is 7.51. The highest BCUT2D eigenvalue weighted by atomic mass is 16.6. The Bertz CT molecular complexity index is 632. The van der Waals surface area contributed by atoms with Crippen molar-refractivity contribution in [1.82, 2.24) is 0 Å². The van der Waals surface area contributed by atoms with E-state index < -0.39 is 12.2 Å². The van der Waals surface area contributed by atoms with Crippen LogP contribution < -0.4 is 0 Å². The summed E-state index contributed by atoms with van der Waals surface area (Å²) in [7, 11) is 0. The second-order valence-corrected chi connectivity index (χ2v) is 10.2. The molecule has 5 fully saturated rings. The first-order valence-corrected chi connectivity index (χ1v) is 9.88. The van der Waals surface area contributed by atoms with E-state index in [1.54, 1.807) is 0 Å². The van der Waals surface area contributed by atoms with Gasteiger partial charge in [0.2, 0.25) is 0 Å². The van der Waals surface area contributed by atoms with Gasteiger partial charge in [-0.3, -0.25) is 4.79 Å². The standard InChI is InChI=1S/C20H30O5/c1-9-15-10(24-17(9)23)7-12-19(4)11(5-6-20(12)16(15)25-20)18(2,3)13(21)8-14(19)22/h9-16,21-22H,5-8H2,1-4H3/t9?,10-,11-,12+,13+,14-,15?,16-,19-,20+/m1/s1. The van der Waals surface area contributed by atoms with E-state index >= 15 is 0 Å². The van der Waals surface area contributed by atoms with E-state index in [2.05, 4.69) is 20.8 Å². The average Bonchev–Trinajstić information content (AvgIpc) is 3.18. The number of aliphatic hydroxyl groups excluding tert-OH is 2. The van der Waals surface area contributed by atoms with Gasteiger partial charge in [0.25, 0.3) is 0 Å². The molecule has 5 aliphatic rings. The summed E-state index contributed by atoms with van der Waals surface area (Å²) in [6, 6.07) is 0. The highest BCUT2D eigenvalue weighted by molar-refractivity contribution is 5.75. The Kier molecular flexibility index (Phi) is 3.04. The van der Waals surface area contributed by atoms with E-state index in [0.717, 1.165) is 19.3 Å². The van der Waals surface area contributed by atoms with Crippen molar-refractivity contribution in [3.8, 4) is 0 Å². The van der Waals surface area contributed by atoms with Crippen LogP contribution in [-0.4, -0.2) is 46.2 Å². The molecule has 3 saturated carbocycles. The van der Waals surface area contributed by atoms with Crippen LogP contribution >= 0.6 is 0 Å². The lowest BCUT2D eigenvalue weighted by atomic mass is 9.42. The maximum absolute atomic E-state index is 12.1. The first-order valence-electron chi connectivity index (χ1n) is 9.88. The molecule has 0 aromatic rings. The van der Waals surface area contributed by atoms with Gasteiger partial charge >= 0.3 is 5.97 Å². The minimum Gasteiger partial charge on any atom is -0.462 e. The summed E-state index contributed by atoms with van der Waals surface area (Å²) in [5.74, 6) is 0.412. The number of esters is 1. The van der Waals surface area contributed by atoms with Gasteiger partial charge in [0.1, 0.15) is 6.10 Å². The number of carbonyl (C=O) groups excluding carboxylic acids is 1. The molecule has 140 valence electrons. The Morgan fingerprint density at radius 2 is 1.80 bits per heavy atom. The lowest BCUT2D eigenvalue weighted by Crippen LogP contribution is -2.66. The Balaban J connectivity index is 1.56. The number of fused-ring (bicyclic) bond motifs is 4. The molecular formula is C20H30O5. The Morgan fingerprint density at radius 1 is 1.08 bits per heavy atom. The molecule has 2 aliphatic heterocycles. The molecule has 5 heteroatoms. The summed E-state index contributed by atoms with van der Waals surface area (Å²) in [5.41, 5.74) is -0.719. The molecule has 3 aliphatic carbocycles. The fraction of sp³-hybridized carbons (Fsp3) is 0.950. The molecule has 0 aromatic heterocycles. The van der Waals surface area contributed by atoms with Gasteiger partial charge in [-0.2, -0.15) is 0 Å². The molecule has 5 rings (SSSR count). The molecule has 2 unspecified atom stereocenters. The second-order valence-electron chi connectivity index (χ2n) is 10.2. The molecule has 0 bridgehead atoms.